The van der Waals surface area contributed by atoms with Crippen molar-refractivity contribution in [1.82, 2.24) is 4.90 Å². The molecular weight excluding hydrogens is 160 g/mol. The van der Waals surface area contributed by atoms with Crippen LogP contribution in [0.4, 0.5) is 0 Å². The van der Waals surface area contributed by atoms with Crippen LogP contribution in [0.2, 0.25) is 0 Å². The largest absolute Gasteiger partial charge is 0.330 e. The third kappa shape index (κ3) is 2.96. The van der Waals surface area contributed by atoms with Gasteiger partial charge >= 0.3 is 0 Å². The maximum absolute atomic E-state index is 5.52. The molecule has 2 atom stereocenters. The topological polar surface area (TPSA) is 29.3 Å². The predicted octanol–water partition coefficient (Wildman–Crippen LogP) is 1.99. The fourth-order valence-corrected chi connectivity index (χ4v) is 2.46. The molecule has 0 radical (unpaired) electrons. The Hall–Kier alpha value is -0.0800. The zero-order chi connectivity index (χ0) is 9.68. The summed E-state index contributed by atoms with van der Waals surface area (Å²) in [6.07, 6.45) is 6.56. The minimum atomic E-state index is 0.746. The average Bonchev–Trinajstić information content (AvgIpc) is 2.61. The van der Waals surface area contributed by atoms with E-state index in [2.05, 4.69) is 18.7 Å². The molecule has 0 aliphatic carbocycles. The van der Waals surface area contributed by atoms with Gasteiger partial charge in [-0.25, -0.2) is 0 Å². The number of nitrogens with two attached hydrogens (primary N) is 1. The predicted molar refractivity (Wildman–Crippen MR) is 57.8 cm³/mol. The highest BCUT2D eigenvalue weighted by molar-refractivity contribution is 4.81. The van der Waals surface area contributed by atoms with Crippen molar-refractivity contribution < 1.29 is 0 Å². The molecule has 1 fully saturated rings. The summed E-state index contributed by atoms with van der Waals surface area (Å²) in [6.45, 7) is 6.81. The highest BCUT2D eigenvalue weighted by atomic mass is 15.2. The van der Waals surface area contributed by atoms with E-state index in [1.54, 1.807) is 0 Å². The molecule has 13 heavy (non-hydrogen) atoms. The molecule has 0 aromatic heterocycles. The summed E-state index contributed by atoms with van der Waals surface area (Å²) in [4.78, 5) is 2.68. The zero-order valence-electron chi connectivity index (χ0n) is 9.13. The van der Waals surface area contributed by atoms with Gasteiger partial charge in [0.15, 0.2) is 0 Å². The molecule has 0 bridgehead atoms. The molecule has 2 nitrogen and oxygen atoms in total. The van der Waals surface area contributed by atoms with Gasteiger partial charge < -0.3 is 5.73 Å². The molecule has 1 aliphatic heterocycles. The third-order valence-corrected chi connectivity index (χ3v) is 3.29. The molecule has 0 amide bonds. The fourth-order valence-electron chi connectivity index (χ4n) is 2.46. The van der Waals surface area contributed by atoms with Crippen molar-refractivity contribution in [2.24, 2.45) is 5.73 Å². The molecule has 1 heterocycles. The smallest absolute Gasteiger partial charge is 0.00959 e. The van der Waals surface area contributed by atoms with Gasteiger partial charge in [0.2, 0.25) is 0 Å². The second kappa shape index (κ2) is 5.61. The van der Waals surface area contributed by atoms with E-state index < -0.39 is 0 Å². The lowest BCUT2D eigenvalue weighted by atomic mass is 10.1. The summed E-state index contributed by atoms with van der Waals surface area (Å²) >= 11 is 0. The average molecular weight is 184 g/mol. The zero-order valence-corrected chi connectivity index (χ0v) is 9.13. The normalized spacial score (nSPS) is 26.5. The molecule has 1 saturated heterocycles. The fraction of sp³-hybridized carbons (Fsp3) is 1.00. The lowest BCUT2D eigenvalue weighted by molar-refractivity contribution is 0.177. The molecule has 0 aromatic carbocycles. The number of rotatable bonds is 5. The Labute approximate surface area is 82.5 Å². The van der Waals surface area contributed by atoms with E-state index in [1.807, 2.05) is 0 Å². The van der Waals surface area contributed by atoms with Gasteiger partial charge in [-0.15, -0.1) is 0 Å². The van der Waals surface area contributed by atoms with E-state index in [9.17, 15) is 0 Å². The van der Waals surface area contributed by atoms with Gasteiger partial charge in [-0.1, -0.05) is 6.92 Å². The molecule has 2 heteroatoms. The van der Waals surface area contributed by atoms with Crippen LogP contribution in [-0.4, -0.2) is 30.1 Å². The van der Waals surface area contributed by atoms with Crippen molar-refractivity contribution in [3.63, 3.8) is 0 Å². The van der Waals surface area contributed by atoms with Crippen molar-refractivity contribution >= 4 is 0 Å². The van der Waals surface area contributed by atoms with Crippen LogP contribution in [-0.2, 0) is 0 Å². The van der Waals surface area contributed by atoms with Gasteiger partial charge in [-0.3, -0.25) is 4.90 Å². The van der Waals surface area contributed by atoms with Crippen LogP contribution < -0.4 is 5.73 Å². The quantitative estimate of drug-likeness (QED) is 0.708. The number of hydrogen-bond donors (Lipinski definition) is 1. The van der Waals surface area contributed by atoms with Crippen LogP contribution in [0.5, 0.6) is 0 Å². The Kier molecular flexibility index (Phi) is 4.74. The number of nitrogens with zero attached hydrogens (tertiary/aromatic N) is 1. The van der Waals surface area contributed by atoms with Crippen LogP contribution in [0.1, 0.15) is 46.0 Å². The Morgan fingerprint density at radius 3 is 2.92 bits per heavy atom. The molecule has 78 valence electrons. The van der Waals surface area contributed by atoms with Gasteiger partial charge in [0.1, 0.15) is 0 Å². The summed E-state index contributed by atoms with van der Waals surface area (Å²) in [5.74, 6) is 0. The van der Waals surface area contributed by atoms with Gasteiger partial charge in [-0.05, 0) is 52.1 Å². The third-order valence-electron chi connectivity index (χ3n) is 3.29. The molecular formula is C11H24N2. The summed E-state index contributed by atoms with van der Waals surface area (Å²) in [5.41, 5.74) is 5.52. The maximum atomic E-state index is 5.52. The van der Waals surface area contributed by atoms with Crippen molar-refractivity contribution in [2.45, 2.75) is 58.0 Å². The first-order chi connectivity index (χ1) is 6.29. The van der Waals surface area contributed by atoms with Gasteiger partial charge in [0.25, 0.3) is 0 Å². The molecule has 2 unspecified atom stereocenters. The summed E-state index contributed by atoms with van der Waals surface area (Å²) in [6, 6.07) is 1.60. The van der Waals surface area contributed by atoms with Crippen molar-refractivity contribution in [2.75, 3.05) is 13.1 Å². The first kappa shape index (κ1) is 11.0. The Morgan fingerprint density at radius 1 is 1.54 bits per heavy atom. The summed E-state index contributed by atoms with van der Waals surface area (Å²) in [5, 5.41) is 0. The van der Waals surface area contributed by atoms with Gasteiger partial charge in [-0.2, -0.15) is 0 Å². The number of hydrogen-bond acceptors (Lipinski definition) is 2. The summed E-state index contributed by atoms with van der Waals surface area (Å²) in [7, 11) is 0. The Bertz CT molecular complexity index is 136. The van der Waals surface area contributed by atoms with Crippen LogP contribution in [0, 0.1) is 0 Å². The van der Waals surface area contributed by atoms with E-state index in [0.717, 1.165) is 18.6 Å². The number of likely N-dealkylation sites (tertiary alicyclic amines) is 1. The molecule has 0 saturated carbocycles. The maximum Gasteiger partial charge on any atom is 0.00959 e. The Balaban J connectivity index is 2.31. The van der Waals surface area contributed by atoms with Crippen molar-refractivity contribution in [3.8, 4) is 0 Å². The molecule has 1 aliphatic rings. The highest BCUT2D eigenvalue weighted by Gasteiger charge is 2.26. The van der Waals surface area contributed by atoms with Crippen molar-refractivity contribution in [3.05, 3.63) is 0 Å². The van der Waals surface area contributed by atoms with E-state index >= 15 is 0 Å². The second-order valence-corrected chi connectivity index (χ2v) is 4.22. The Morgan fingerprint density at radius 2 is 2.31 bits per heavy atom. The highest BCUT2D eigenvalue weighted by Crippen LogP contribution is 2.23. The van der Waals surface area contributed by atoms with E-state index in [0.29, 0.717) is 0 Å². The minimum absolute atomic E-state index is 0.746. The minimum Gasteiger partial charge on any atom is -0.330 e. The van der Waals surface area contributed by atoms with Crippen LogP contribution in [0.25, 0.3) is 0 Å². The van der Waals surface area contributed by atoms with Crippen LogP contribution >= 0.6 is 0 Å². The first-order valence-electron chi connectivity index (χ1n) is 5.75. The second-order valence-electron chi connectivity index (χ2n) is 4.22. The lowest BCUT2D eigenvalue weighted by Crippen LogP contribution is -2.37. The first-order valence-corrected chi connectivity index (χ1v) is 5.75. The molecule has 1 rings (SSSR count). The van der Waals surface area contributed by atoms with E-state index in [-0.39, 0.29) is 0 Å². The molecule has 2 N–H and O–H groups in total. The van der Waals surface area contributed by atoms with Gasteiger partial charge in [0, 0.05) is 12.1 Å². The standard InChI is InChI=1S/C11H24N2/c1-3-11-7-5-9-13(11)10(2)6-4-8-12/h10-11H,3-9,12H2,1-2H3. The van der Waals surface area contributed by atoms with Crippen LogP contribution in [0.15, 0.2) is 0 Å². The SMILES string of the molecule is CCC1CCCN1C(C)CCCN. The van der Waals surface area contributed by atoms with Crippen LogP contribution in [0.3, 0.4) is 0 Å². The molecule has 0 aromatic rings. The molecule has 0 spiro atoms. The van der Waals surface area contributed by atoms with Crippen molar-refractivity contribution in [1.29, 1.82) is 0 Å². The van der Waals surface area contributed by atoms with E-state index in [4.69, 9.17) is 5.73 Å². The monoisotopic (exact) mass is 184 g/mol. The lowest BCUT2D eigenvalue weighted by Gasteiger charge is -2.30. The summed E-state index contributed by atoms with van der Waals surface area (Å²) < 4.78 is 0. The van der Waals surface area contributed by atoms with E-state index in [1.165, 1.54) is 38.6 Å². The van der Waals surface area contributed by atoms with Gasteiger partial charge in [0.05, 0.1) is 0 Å².